The summed E-state index contributed by atoms with van der Waals surface area (Å²) in [7, 11) is 0. The summed E-state index contributed by atoms with van der Waals surface area (Å²) in [6.07, 6.45) is 0.735. The number of amides is 3. The average molecular weight is 289 g/mol. The quantitative estimate of drug-likeness (QED) is 0.670. The summed E-state index contributed by atoms with van der Waals surface area (Å²) in [6, 6.07) is 6.04. The first kappa shape index (κ1) is 14.8. The van der Waals surface area contributed by atoms with E-state index in [9.17, 15) is 9.59 Å². The van der Waals surface area contributed by atoms with Crippen molar-refractivity contribution >= 4 is 28.9 Å². The van der Waals surface area contributed by atoms with Crippen LogP contribution in [0.4, 0.5) is 10.7 Å². The van der Waals surface area contributed by atoms with Gasteiger partial charge in [0.05, 0.1) is 11.0 Å². The van der Waals surface area contributed by atoms with Gasteiger partial charge in [0.15, 0.2) is 0 Å². The second kappa shape index (κ2) is 6.25. The van der Waals surface area contributed by atoms with Gasteiger partial charge in [0.25, 0.3) is 0 Å². The predicted octanol–water partition coefficient (Wildman–Crippen LogP) is 1.58. The Labute approximate surface area is 122 Å². The number of benzene rings is 1. The number of hydrogen-bond donors (Lipinski definition) is 4. The Hall–Kier alpha value is -2.57. The van der Waals surface area contributed by atoms with Crippen LogP contribution in [0.1, 0.15) is 20.3 Å². The number of nitrogens with one attached hydrogen (secondary N) is 3. The van der Waals surface area contributed by atoms with Crippen molar-refractivity contribution < 1.29 is 9.59 Å². The molecule has 0 bridgehead atoms. The summed E-state index contributed by atoms with van der Waals surface area (Å²) >= 11 is 0. The molecular formula is C14H19N5O2. The first-order valence-corrected chi connectivity index (χ1v) is 6.82. The molecule has 7 heteroatoms. The fourth-order valence-electron chi connectivity index (χ4n) is 2.06. The van der Waals surface area contributed by atoms with Gasteiger partial charge >= 0.3 is 6.03 Å². The van der Waals surface area contributed by atoms with E-state index in [2.05, 4.69) is 20.6 Å². The van der Waals surface area contributed by atoms with E-state index in [4.69, 9.17) is 5.73 Å². The SMILES string of the molecule is CCC(C)C(NC(N)=O)C(=O)Nc1nc2ccccc2[nH]1. The molecule has 21 heavy (non-hydrogen) atoms. The van der Waals surface area contributed by atoms with Gasteiger partial charge in [-0.05, 0) is 18.1 Å². The van der Waals surface area contributed by atoms with Crippen LogP contribution >= 0.6 is 0 Å². The lowest BCUT2D eigenvalue weighted by Gasteiger charge is -2.21. The van der Waals surface area contributed by atoms with Crippen LogP contribution < -0.4 is 16.4 Å². The van der Waals surface area contributed by atoms with Crippen LogP contribution in [0.2, 0.25) is 0 Å². The monoisotopic (exact) mass is 289 g/mol. The highest BCUT2D eigenvalue weighted by molar-refractivity contribution is 5.96. The van der Waals surface area contributed by atoms with Crippen molar-refractivity contribution in [3.8, 4) is 0 Å². The molecule has 112 valence electrons. The van der Waals surface area contributed by atoms with Crippen LogP contribution in [-0.4, -0.2) is 27.9 Å². The van der Waals surface area contributed by atoms with E-state index in [1.54, 1.807) is 0 Å². The zero-order valence-corrected chi connectivity index (χ0v) is 12.0. The van der Waals surface area contributed by atoms with Crippen molar-refractivity contribution in [2.24, 2.45) is 11.7 Å². The number of aromatic amines is 1. The Kier molecular flexibility index (Phi) is 4.42. The lowest BCUT2D eigenvalue weighted by atomic mass is 9.98. The molecule has 0 aliphatic carbocycles. The van der Waals surface area contributed by atoms with Crippen molar-refractivity contribution in [2.45, 2.75) is 26.3 Å². The molecule has 0 saturated heterocycles. The maximum Gasteiger partial charge on any atom is 0.312 e. The molecule has 1 aromatic carbocycles. The summed E-state index contributed by atoms with van der Waals surface area (Å²) in [5.74, 6) is -0.0372. The molecule has 3 amide bonds. The first-order valence-electron chi connectivity index (χ1n) is 6.82. The Morgan fingerprint density at radius 2 is 2.10 bits per heavy atom. The van der Waals surface area contributed by atoms with Crippen molar-refractivity contribution in [3.63, 3.8) is 0 Å². The van der Waals surface area contributed by atoms with E-state index in [-0.39, 0.29) is 11.8 Å². The lowest BCUT2D eigenvalue weighted by molar-refractivity contribution is -0.119. The zero-order chi connectivity index (χ0) is 15.4. The van der Waals surface area contributed by atoms with Crippen molar-refractivity contribution in [3.05, 3.63) is 24.3 Å². The molecule has 2 unspecified atom stereocenters. The van der Waals surface area contributed by atoms with Gasteiger partial charge in [0.2, 0.25) is 11.9 Å². The van der Waals surface area contributed by atoms with Crippen LogP contribution in [0.25, 0.3) is 11.0 Å². The molecule has 0 aliphatic rings. The number of urea groups is 1. The molecule has 2 atom stereocenters. The summed E-state index contributed by atoms with van der Waals surface area (Å²) in [5.41, 5.74) is 6.71. The minimum Gasteiger partial charge on any atom is -0.352 e. The van der Waals surface area contributed by atoms with Gasteiger partial charge in [-0.1, -0.05) is 32.4 Å². The topological polar surface area (TPSA) is 113 Å². The van der Waals surface area contributed by atoms with Crippen LogP contribution in [0.5, 0.6) is 0 Å². The second-order valence-electron chi connectivity index (χ2n) is 4.96. The maximum atomic E-state index is 12.3. The number of H-pyrrole nitrogens is 1. The molecule has 0 radical (unpaired) electrons. The largest absolute Gasteiger partial charge is 0.352 e. The minimum atomic E-state index is -0.722. The Morgan fingerprint density at radius 3 is 2.71 bits per heavy atom. The summed E-state index contributed by atoms with van der Waals surface area (Å²) in [4.78, 5) is 30.6. The average Bonchev–Trinajstić information content (AvgIpc) is 2.85. The van der Waals surface area contributed by atoms with E-state index in [0.29, 0.717) is 5.95 Å². The van der Waals surface area contributed by atoms with Crippen molar-refractivity contribution in [2.75, 3.05) is 5.32 Å². The number of rotatable bonds is 5. The van der Waals surface area contributed by atoms with Crippen LogP contribution in [-0.2, 0) is 4.79 Å². The summed E-state index contributed by atoms with van der Waals surface area (Å²) in [5, 5.41) is 5.15. The van der Waals surface area contributed by atoms with Gasteiger partial charge in [0.1, 0.15) is 6.04 Å². The van der Waals surface area contributed by atoms with Gasteiger partial charge in [0, 0.05) is 0 Å². The molecular weight excluding hydrogens is 270 g/mol. The molecule has 2 aromatic rings. The summed E-state index contributed by atoms with van der Waals surface area (Å²) < 4.78 is 0. The van der Waals surface area contributed by atoms with E-state index < -0.39 is 12.1 Å². The number of imidazole rings is 1. The number of aromatic nitrogens is 2. The standard InChI is InChI=1S/C14H19N5O2/c1-3-8(2)11(18-13(15)21)12(20)19-14-16-9-6-4-5-7-10(9)17-14/h4-8,11H,3H2,1-2H3,(H3,15,18,21)(H2,16,17,19,20). The van der Waals surface area contributed by atoms with Crippen molar-refractivity contribution in [1.82, 2.24) is 15.3 Å². The van der Waals surface area contributed by atoms with Gasteiger partial charge in [-0.25, -0.2) is 9.78 Å². The number of nitrogens with zero attached hydrogens (tertiary/aromatic N) is 1. The van der Waals surface area contributed by atoms with Gasteiger partial charge < -0.3 is 16.0 Å². The van der Waals surface area contributed by atoms with Crippen LogP contribution in [0.3, 0.4) is 0 Å². The number of hydrogen-bond acceptors (Lipinski definition) is 3. The van der Waals surface area contributed by atoms with Gasteiger partial charge in [-0.3, -0.25) is 10.1 Å². The number of primary amides is 1. The first-order chi connectivity index (χ1) is 10.0. The Bertz CT molecular complexity index is 619. The second-order valence-corrected chi connectivity index (χ2v) is 4.96. The predicted molar refractivity (Wildman–Crippen MR) is 80.7 cm³/mol. The molecule has 1 aromatic heterocycles. The molecule has 2 rings (SSSR count). The number of anilines is 1. The number of fused-ring (bicyclic) bond motifs is 1. The van der Waals surface area contributed by atoms with Gasteiger partial charge in [-0.2, -0.15) is 0 Å². The van der Waals surface area contributed by atoms with E-state index in [1.165, 1.54) is 0 Å². The fourth-order valence-corrected chi connectivity index (χ4v) is 2.06. The van der Waals surface area contributed by atoms with Crippen LogP contribution in [0.15, 0.2) is 24.3 Å². The molecule has 5 N–H and O–H groups in total. The number of carbonyl (C=O) groups excluding carboxylic acids is 2. The molecule has 1 heterocycles. The van der Waals surface area contributed by atoms with E-state index >= 15 is 0 Å². The highest BCUT2D eigenvalue weighted by Gasteiger charge is 2.25. The van der Waals surface area contributed by atoms with E-state index in [0.717, 1.165) is 17.5 Å². The smallest absolute Gasteiger partial charge is 0.312 e. The molecule has 0 aliphatic heterocycles. The zero-order valence-electron chi connectivity index (χ0n) is 12.0. The molecule has 7 nitrogen and oxygen atoms in total. The summed E-state index contributed by atoms with van der Waals surface area (Å²) in [6.45, 7) is 3.81. The molecule has 0 fully saturated rings. The van der Waals surface area contributed by atoms with E-state index in [1.807, 2.05) is 38.1 Å². The van der Waals surface area contributed by atoms with Crippen molar-refractivity contribution in [1.29, 1.82) is 0 Å². The third-order valence-corrected chi connectivity index (χ3v) is 3.42. The number of para-hydroxylation sites is 2. The normalized spacial score (nSPS) is 13.6. The van der Waals surface area contributed by atoms with Gasteiger partial charge in [-0.15, -0.1) is 0 Å². The Morgan fingerprint density at radius 1 is 1.38 bits per heavy atom. The third kappa shape index (κ3) is 3.50. The molecule has 0 spiro atoms. The fraction of sp³-hybridized carbons (Fsp3) is 0.357. The third-order valence-electron chi connectivity index (χ3n) is 3.42. The minimum absolute atomic E-state index is 0.0399. The Balaban J connectivity index is 2.15. The lowest BCUT2D eigenvalue weighted by Crippen LogP contribution is -2.49. The van der Waals surface area contributed by atoms with Crippen LogP contribution in [0, 0.1) is 5.92 Å². The number of carbonyl (C=O) groups is 2. The highest BCUT2D eigenvalue weighted by atomic mass is 16.2. The maximum absolute atomic E-state index is 12.3. The number of nitrogens with two attached hydrogens (primary N) is 1. The molecule has 0 saturated carbocycles. The highest BCUT2D eigenvalue weighted by Crippen LogP contribution is 2.15.